The molecule has 0 atom stereocenters. The molecule has 0 saturated carbocycles. The van der Waals surface area contributed by atoms with Gasteiger partial charge in [-0.05, 0) is 36.2 Å². The zero-order chi connectivity index (χ0) is 12.3. The van der Waals surface area contributed by atoms with E-state index >= 15 is 0 Å². The second-order valence-electron chi connectivity index (χ2n) is 3.85. The van der Waals surface area contributed by atoms with Crippen LogP contribution in [0.3, 0.4) is 0 Å². The van der Waals surface area contributed by atoms with E-state index < -0.39 is 0 Å². The van der Waals surface area contributed by atoms with Gasteiger partial charge in [0, 0.05) is 12.7 Å². The zero-order valence-electron chi connectivity index (χ0n) is 9.37. The number of halogens is 2. The molecule has 1 aromatic carbocycles. The summed E-state index contributed by atoms with van der Waals surface area (Å²) in [6, 6.07) is 7.21. The van der Waals surface area contributed by atoms with Gasteiger partial charge >= 0.3 is 0 Å². The predicted molar refractivity (Wildman–Crippen MR) is 67.7 cm³/mol. The Morgan fingerprint density at radius 3 is 2.82 bits per heavy atom. The van der Waals surface area contributed by atoms with E-state index in [4.69, 9.17) is 11.6 Å². The molecular formula is C13H12ClFN2. The van der Waals surface area contributed by atoms with Gasteiger partial charge in [-0.15, -0.1) is 0 Å². The Hall–Kier alpha value is -1.61. The molecule has 0 aliphatic rings. The molecule has 2 nitrogen and oxygen atoms in total. The molecule has 88 valence electrons. The zero-order valence-corrected chi connectivity index (χ0v) is 10.1. The van der Waals surface area contributed by atoms with Crippen LogP contribution in [-0.2, 0) is 6.54 Å². The number of nitrogens with zero attached hydrogens (tertiary/aromatic N) is 1. The Labute approximate surface area is 104 Å². The van der Waals surface area contributed by atoms with E-state index in [-0.39, 0.29) is 5.82 Å². The average molecular weight is 251 g/mol. The van der Waals surface area contributed by atoms with Crippen molar-refractivity contribution < 1.29 is 4.39 Å². The fourth-order valence-corrected chi connectivity index (χ4v) is 1.82. The number of nitrogens with one attached hydrogen (secondary N) is 1. The van der Waals surface area contributed by atoms with Crippen molar-refractivity contribution in [3.05, 3.63) is 58.6 Å². The highest BCUT2D eigenvalue weighted by atomic mass is 35.5. The molecule has 0 saturated heterocycles. The van der Waals surface area contributed by atoms with Crippen LogP contribution in [0.2, 0.25) is 5.02 Å². The number of benzene rings is 1. The van der Waals surface area contributed by atoms with Crippen LogP contribution in [0.5, 0.6) is 0 Å². The van der Waals surface area contributed by atoms with Gasteiger partial charge in [0.05, 0.1) is 16.9 Å². The molecule has 17 heavy (non-hydrogen) atoms. The fraction of sp³-hybridized carbons (Fsp3) is 0.154. The van der Waals surface area contributed by atoms with Gasteiger partial charge in [0.15, 0.2) is 0 Å². The van der Waals surface area contributed by atoms with E-state index in [1.54, 1.807) is 6.20 Å². The molecule has 0 amide bonds. The molecule has 0 unspecified atom stereocenters. The summed E-state index contributed by atoms with van der Waals surface area (Å²) in [7, 11) is 0. The summed E-state index contributed by atoms with van der Waals surface area (Å²) >= 11 is 6.07. The number of pyridine rings is 1. The first-order chi connectivity index (χ1) is 8.15. The normalized spacial score (nSPS) is 10.3. The van der Waals surface area contributed by atoms with E-state index in [9.17, 15) is 4.39 Å². The van der Waals surface area contributed by atoms with Crippen LogP contribution in [-0.4, -0.2) is 4.98 Å². The van der Waals surface area contributed by atoms with Crippen molar-refractivity contribution in [3.63, 3.8) is 0 Å². The molecule has 1 heterocycles. The van der Waals surface area contributed by atoms with Crippen molar-refractivity contribution in [1.29, 1.82) is 0 Å². The summed E-state index contributed by atoms with van der Waals surface area (Å²) in [6.07, 6.45) is 2.81. The Morgan fingerprint density at radius 2 is 2.12 bits per heavy atom. The summed E-state index contributed by atoms with van der Waals surface area (Å²) in [5.74, 6) is -0.334. The topological polar surface area (TPSA) is 24.9 Å². The summed E-state index contributed by atoms with van der Waals surface area (Å²) in [6.45, 7) is 2.47. The lowest BCUT2D eigenvalue weighted by Gasteiger charge is -2.08. The summed E-state index contributed by atoms with van der Waals surface area (Å²) in [4.78, 5) is 3.79. The van der Waals surface area contributed by atoms with Crippen LogP contribution in [0.15, 0.2) is 36.7 Å². The van der Waals surface area contributed by atoms with Crippen LogP contribution in [0.25, 0.3) is 0 Å². The van der Waals surface area contributed by atoms with E-state index in [2.05, 4.69) is 10.3 Å². The minimum absolute atomic E-state index is 0.334. The minimum Gasteiger partial charge on any atom is -0.380 e. The van der Waals surface area contributed by atoms with Crippen LogP contribution in [0, 0.1) is 12.7 Å². The smallest absolute Gasteiger partial charge is 0.141 e. The Balaban J connectivity index is 2.07. The van der Waals surface area contributed by atoms with Gasteiger partial charge in [-0.1, -0.05) is 17.7 Å². The summed E-state index contributed by atoms with van der Waals surface area (Å²) in [5, 5.41) is 3.81. The van der Waals surface area contributed by atoms with Crippen LogP contribution < -0.4 is 5.32 Å². The standard InChI is InChI=1S/C13H12ClFN2/c1-9-2-3-13(12(14)4-9)17-7-10-5-11(15)8-16-6-10/h2-6,8,17H,7H2,1H3. The first kappa shape index (κ1) is 11.9. The van der Waals surface area contributed by atoms with Crippen molar-refractivity contribution in [1.82, 2.24) is 4.98 Å². The number of aromatic nitrogens is 1. The number of rotatable bonds is 3. The molecule has 2 rings (SSSR count). The van der Waals surface area contributed by atoms with E-state index in [0.717, 1.165) is 16.8 Å². The largest absolute Gasteiger partial charge is 0.380 e. The maximum Gasteiger partial charge on any atom is 0.141 e. The van der Waals surface area contributed by atoms with Crippen molar-refractivity contribution in [2.75, 3.05) is 5.32 Å². The average Bonchev–Trinajstić information content (AvgIpc) is 2.28. The maximum atomic E-state index is 12.9. The van der Waals surface area contributed by atoms with E-state index in [0.29, 0.717) is 11.6 Å². The molecule has 0 aliphatic carbocycles. The van der Waals surface area contributed by atoms with Crippen molar-refractivity contribution in [2.45, 2.75) is 13.5 Å². The third-order valence-corrected chi connectivity index (χ3v) is 2.68. The highest BCUT2D eigenvalue weighted by Crippen LogP contribution is 2.23. The molecule has 0 fully saturated rings. The van der Waals surface area contributed by atoms with Crippen molar-refractivity contribution in [2.24, 2.45) is 0 Å². The molecule has 1 aromatic heterocycles. The highest BCUT2D eigenvalue weighted by Gasteiger charge is 2.01. The van der Waals surface area contributed by atoms with Gasteiger partial charge in [0.1, 0.15) is 5.82 Å². The minimum atomic E-state index is -0.334. The second kappa shape index (κ2) is 5.15. The number of hydrogen-bond acceptors (Lipinski definition) is 2. The number of aryl methyl sites for hydroxylation is 1. The summed E-state index contributed by atoms with van der Waals surface area (Å²) in [5.41, 5.74) is 2.72. The van der Waals surface area contributed by atoms with E-state index in [1.807, 2.05) is 25.1 Å². The Morgan fingerprint density at radius 1 is 1.29 bits per heavy atom. The van der Waals surface area contributed by atoms with Gasteiger partial charge < -0.3 is 5.32 Å². The SMILES string of the molecule is Cc1ccc(NCc2cncc(F)c2)c(Cl)c1. The molecule has 0 aliphatic heterocycles. The molecule has 2 aromatic rings. The van der Waals surface area contributed by atoms with Gasteiger partial charge in [-0.3, -0.25) is 4.98 Å². The third-order valence-electron chi connectivity index (χ3n) is 2.37. The second-order valence-corrected chi connectivity index (χ2v) is 4.26. The third kappa shape index (κ3) is 3.17. The number of anilines is 1. The first-order valence-corrected chi connectivity index (χ1v) is 5.62. The lowest BCUT2D eigenvalue weighted by atomic mass is 10.2. The van der Waals surface area contributed by atoms with Crippen molar-refractivity contribution in [3.8, 4) is 0 Å². The Kier molecular flexibility index (Phi) is 3.59. The molecule has 0 spiro atoms. The van der Waals surface area contributed by atoms with Gasteiger partial charge in [-0.2, -0.15) is 0 Å². The lowest BCUT2D eigenvalue weighted by Crippen LogP contribution is -2.01. The Bertz CT molecular complexity index is 529. The maximum absolute atomic E-state index is 12.9. The quantitative estimate of drug-likeness (QED) is 0.896. The highest BCUT2D eigenvalue weighted by molar-refractivity contribution is 6.33. The van der Waals surface area contributed by atoms with Crippen molar-refractivity contribution >= 4 is 17.3 Å². The van der Waals surface area contributed by atoms with Crippen LogP contribution in [0.1, 0.15) is 11.1 Å². The predicted octanol–water partition coefficient (Wildman–Crippen LogP) is 3.79. The summed E-state index contributed by atoms with van der Waals surface area (Å²) < 4.78 is 12.9. The monoisotopic (exact) mass is 250 g/mol. The number of hydrogen-bond donors (Lipinski definition) is 1. The molecule has 0 bridgehead atoms. The fourth-order valence-electron chi connectivity index (χ4n) is 1.51. The first-order valence-electron chi connectivity index (χ1n) is 5.24. The van der Waals surface area contributed by atoms with Gasteiger partial charge in [0.25, 0.3) is 0 Å². The molecule has 1 N–H and O–H groups in total. The molecule has 4 heteroatoms. The van der Waals surface area contributed by atoms with Gasteiger partial charge in [-0.25, -0.2) is 4.39 Å². The van der Waals surface area contributed by atoms with Crippen LogP contribution >= 0.6 is 11.6 Å². The van der Waals surface area contributed by atoms with Gasteiger partial charge in [0.2, 0.25) is 0 Å². The van der Waals surface area contributed by atoms with Crippen LogP contribution in [0.4, 0.5) is 10.1 Å². The van der Waals surface area contributed by atoms with E-state index in [1.165, 1.54) is 12.3 Å². The molecular weight excluding hydrogens is 239 g/mol. The lowest BCUT2D eigenvalue weighted by molar-refractivity contribution is 0.619. The molecule has 0 radical (unpaired) electrons.